The Morgan fingerprint density at radius 1 is 1.25 bits per heavy atom. The maximum Gasteiger partial charge on any atom is 0.0386 e. The summed E-state index contributed by atoms with van der Waals surface area (Å²) in [6.07, 6.45) is 5.42. The van der Waals surface area contributed by atoms with Crippen LogP contribution in [-0.4, -0.2) is 13.1 Å². The van der Waals surface area contributed by atoms with E-state index < -0.39 is 0 Å². The van der Waals surface area contributed by atoms with Crippen LogP contribution in [0.15, 0.2) is 24.3 Å². The molecule has 0 heterocycles. The Hall–Kier alpha value is -1.18. The maximum absolute atomic E-state index is 5.83. The number of hydrogen-bond acceptors (Lipinski definition) is 2. The molecule has 0 saturated heterocycles. The van der Waals surface area contributed by atoms with Crippen LogP contribution in [0.25, 0.3) is 0 Å². The minimum absolute atomic E-state index is 0.676. The van der Waals surface area contributed by atoms with Crippen LogP contribution in [0.2, 0.25) is 0 Å². The van der Waals surface area contributed by atoms with Crippen LogP contribution in [-0.2, 0) is 0 Å². The van der Waals surface area contributed by atoms with Crippen molar-refractivity contribution in [2.24, 2.45) is 5.92 Å². The molecular formula is C14H22N2. The highest BCUT2D eigenvalue weighted by molar-refractivity contribution is 5.56. The van der Waals surface area contributed by atoms with Gasteiger partial charge >= 0.3 is 0 Å². The van der Waals surface area contributed by atoms with Crippen molar-refractivity contribution in [1.29, 1.82) is 0 Å². The second kappa shape index (κ2) is 4.77. The van der Waals surface area contributed by atoms with Gasteiger partial charge in [0.2, 0.25) is 0 Å². The fourth-order valence-electron chi connectivity index (χ4n) is 2.81. The fourth-order valence-corrected chi connectivity index (χ4v) is 2.81. The Balaban J connectivity index is 2.14. The Labute approximate surface area is 98.4 Å². The van der Waals surface area contributed by atoms with Gasteiger partial charge < -0.3 is 10.6 Å². The van der Waals surface area contributed by atoms with Gasteiger partial charge in [0.25, 0.3) is 0 Å². The Kier molecular flexibility index (Phi) is 3.37. The predicted octanol–water partition coefficient (Wildman–Crippen LogP) is 3.28. The van der Waals surface area contributed by atoms with Gasteiger partial charge in [0.1, 0.15) is 0 Å². The first kappa shape index (κ1) is 11.3. The van der Waals surface area contributed by atoms with Crippen LogP contribution >= 0.6 is 0 Å². The summed E-state index contributed by atoms with van der Waals surface area (Å²) in [4.78, 5) is 2.40. The topological polar surface area (TPSA) is 29.3 Å². The highest BCUT2D eigenvalue weighted by Gasteiger charge is 2.24. The molecular weight excluding hydrogens is 196 g/mol. The lowest BCUT2D eigenvalue weighted by Gasteiger charge is -2.37. The molecule has 0 radical (unpaired) electrons. The monoisotopic (exact) mass is 218 g/mol. The van der Waals surface area contributed by atoms with Crippen LogP contribution in [0.5, 0.6) is 0 Å². The lowest BCUT2D eigenvalue weighted by molar-refractivity contribution is 0.321. The number of anilines is 2. The maximum atomic E-state index is 5.83. The molecule has 0 aliphatic heterocycles. The van der Waals surface area contributed by atoms with Gasteiger partial charge in [-0.1, -0.05) is 25.8 Å². The molecule has 0 aromatic heterocycles. The summed E-state index contributed by atoms with van der Waals surface area (Å²) < 4.78 is 0. The van der Waals surface area contributed by atoms with E-state index in [4.69, 9.17) is 5.73 Å². The number of rotatable bonds is 2. The molecule has 2 rings (SSSR count). The molecule has 0 amide bonds. The molecule has 0 bridgehead atoms. The Bertz CT molecular complexity index is 348. The zero-order chi connectivity index (χ0) is 11.5. The summed E-state index contributed by atoms with van der Waals surface area (Å²) >= 11 is 0. The van der Waals surface area contributed by atoms with Crippen molar-refractivity contribution in [2.45, 2.75) is 38.6 Å². The van der Waals surface area contributed by atoms with Gasteiger partial charge in [-0.2, -0.15) is 0 Å². The second-order valence-electron chi connectivity index (χ2n) is 5.03. The van der Waals surface area contributed by atoms with Gasteiger partial charge in [-0.05, 0) is 37.0 Å². The zero-order valence-corrected chi connectivity index (χ0v) is 10.3. The van der Waals surface area contributed by atoms with E-state index in [1.165, 1.54) is 31.4 Å². The number of benzene rings is 1. The molecule has 1 fully saturated rings. The number of nitrogen functional groups attached to an aromatic ring is 1. The average molecular weight is 218 g/mol. The summed E-state index contributed by atoms with van der Waals surface area (Å²) in [6, 6.07) is 8.88. The van der Waals surface area contributed by atoms with Crippen LogP contribution < -0.4 is 10.6 Å². The summed E-state index contributed by atoms with van der Waals surface area (Å²) in [6.45, 7) is 2.37. The molecule has 2 unspecified atom stereocenters. The zero-order valence-electron chi connectivity index (χ0n) is 10.3. The van der Waals surface area contributed by atoms with Gasteiger partial charge in [0, 0.05) is 24.5 Å². The van der Waals surface area contributed by atoms with E-state index >= 15 is 0 Å². The molecule has 1 aromatic rings. The summed E-state index contributed by atoms with van der Waals surface area (Å²) in [5.41, 5.74) is 7.94. The highest BCUT2D eigenvalue weighted by Crippen LogP contribution is 2.30. The van der Waals surface area contributed by atoms with E-state index in [1.54, 1.807) is 0 Å². The average Bonchev–Trinajstić information content (AvgIpc) is 2.29. The van der Waals surface area contributed by atoms with Crippen molar-refractivity contribution in [3.8, 4) is 0 Å². The number of hydrogen-bond donors (Lipinski definition) is 1. The van der Waals surface area contributed by atoms with Crippen LogP contribution in [0.3, 0.4) is 0 Å². The van der Waals surface area contributed by atoms with Crippen molar-refractivity contribution >= 4 is 11.4 Å². The first-order valence-corrected chi connectivity index (χ1v) is 6.27. The summed E-state index contributed by atoms with van der Waals surface area (Å²) in [5.74, 6) is 0.792. The van der Waals surface area contributed by atoms with Gasteiger partial charge in [-0.15, -0.1) is 0 Å². The minimum atomic E-state index is 0.676. The summed E-state index contributed by atoms with van der Waals surface area (Å²) in [7, 11) is 2.20. The lowest BCUT2D eigenvalue weighted by Crippen LogP contribution is -2.38. The standard InChI is InChI=1S/C14H22N2/c1-11-6-3-4-9-14(11)16(2)13-8-5-7-12(15)10-13/h5,7-8,10-11,14H,3-4,6,9,15H2,1-2H3. The van der Waals surface area contributed by atoms with E-state index in [1.807, 2.05) is 12.1 Å². The molecule has 1 aromatic carbocycles. The van der Waals surface area contributed by atoms with Gasteiger partial charge in [-0.25, -0.2) is 0 Å². The van der Waals surface area contributed by atoms with E-state index in [-0.39, 0.29) is 0 Å². The van der Waals surface area contributed by atoms with E-state index in [2.05, 4.69) is 31.0 Å². The van der Waals surface area contributed by atoms with Gasteiger partial charge in [0.15, 0.2) is 0 Å². The van der Waals surface area contributed by atoms with Crippen LogP contribution in [0, 0.1) is 5.92 Å². The van der Waals surface area contributed by atoms with Crippen molar-refractivity contribution in [3.05, 3.63) is 24.3 Å². The van der Waals surface area contributed by atoms with Crippen LogP contribution in [0.4, 0.5) is 11.4 Å². The quantitative estimate of drug-likeness (QED) is 0.772. The lowest BCUT2D eigenvalue weighted by atomic mass is 9.85. The number of nitrogens with zero attached hydrogens (tertiary/aromatic N) is 1. The van der Waals surface area contributed by atoms with E-state index in [0.29, 0.717) is 6.04 Å². The largest absolute Gasteiger partial charge is 0.399 e. The van der Waals surface area contributed by atoms with Gasteiger partial charge in [-0.3, -0.25) is 0 Å². The normalized spacial score (nSPS) is 25.4. The van der Waals surface area contributed by atoms with Crippen LogP contribution in [0.1, 0.15) is 32.6 Å². The fraction of sp³-hybridized carbons (Fsp3) is 0.571. The second-order valence-corrected chi connectivity index (χ2v) is 5.03. The molecule has 1 saturated carbocycles. The van der Waals surface area contributed by atoms with Crippen molar-refractivity contribution in [1.82, 2.24) is 0 Å². The van der Waals surface area contributed by atoms with Crippen molar-refractivity contribution < 1.29 is 0 Å². The first-order valence-electron chi connectivity index (χ1n) is 6.27. The van der Waals surface area contributed by atoms with Crippen molar-refractivity contribution in [3.63, 3.8) is 0 Å². The van der Waals surface area contributed by atoms with E-state index in [9.17, 15) is 0 Å². The Morgan fingerprint density at radius 2 is 2.00 bits per heavy atom. The SMILES string of the molecule is CC1CCCCC1N(C)c1cccc(N)c1. The molecule has 1 aliphatic carbocycles. The molecule has 1 aliphatic rings. The van der Waals surface area contributed by atoms with Gasteiger partial charge in [0.05, 0.1) is 0 Å². The molecule has 88 valence electrons. The molecule has 2 heteroatoms. The molecule has 16 heavy (non-hydrogen) atoms. The third-order valence-electron chi connectivity index (χ3n) is 3.84. The molecule has 2 N–H and O–H groups in total. The third kappa shape index (κ3) is 2.31. The predicted molar refractivity (Wildman–Crippen MR) is 70.7 cm³/mol. The number of nitrogens with two attached hydrogens (primary N) is 1. The summed E-state index contributed by atoms with van der Waals surface area (Å²) in [5, 5.41) is 0. The first-order chi connectivity index (χ1) is 7.68. The smallest absolute Gasteiger partial charge is 0.0386 e. The molecule has 2 atom stereocenters. The third-order valence-corrected chi connectivity index (χ3v) is 3.84. The highest BCUT2D eigenvalue weighted by atomic mass is 15.1. The molecule has 0 spiro atoms. The minimum Gasteiger partial charge on any atom is -0.399 e. The Morgan fingerprint density at radius 3 is 2.69 bits per heavy atom. The van der Waals surface area contributed by atoms with Crippen molar-refractivity contribution in [2.75, 3.05) is 17.7 Å². The molecule has 2 nitrogen and oxygen atoms in total. The van der Waals surface area contributed by atoms with E-state index in [0.717, 1.165) is 11.6 Å².